The largest absolute Gasteiger partial charge is 0.317 e. The second kappa shape index (κ2) is 5.13. The van der Waals surface area contributed by atoms with Gasteiger partial charge < -0.3 is 5.32 Å². The van der Waals surface area contributed by atoms with Crippen molar-refractivity contribution in [2.75, 3.05) is 13.1 Å². The molecule has 1 aromatic rings. The lowest BCUT2D eigenvalue weighted by molar-refractivity contribution is -0.00830. The number of rotatable bonds is 3. The maximum Gasteiger partial charge on any atom is 0.273 e. The minimum Gasteiger partial charge on any atom is -0.317 e. The highest BCUT2D eigenvalue weighted by molar-refractivity contribution is 5.28. The van der Waals surface area contributed by atoms with Gasteiger partial charge in [-0.15, -0.1) is 0 Å². The third kappa shape index (κ3) is 2.83. The van der Waals surface area contributed by atoms with E-state index in [0.717, 1.165) is 25.9 Å². The highest BCUT2D eigenvalue weighted by Crippen LogP contribution is 2.33. The zero-order chi connectivity index (χ0) is 12.3. The van der Waals surface area contributed by atoms with Crippen molar-refractivity contribution < 1.29 is 8.78 Å². The number of hydrogen-bond donors (Lipinski definition) is 1. The van der Waals surface area contributed by atoms with Crippen molar-refractivity contribution in [2.45, 2.75) is 38.0 Å². The summed E-state index contributed by atoms with van der Waals surface area (Å²) < 4.78 is 26.9. The van der Waals surface area contributed by atoms with Crippen molar-refractivity contribution in [1.29, 1.82) is 0 Å². The molecule has 0 atom stereocenters. The predicted molar refractivity (Wildman–Crippen MR) is 65.5 cm³/mol. The number of hydrogen-bond acceptors (Lipinski definition) is 1. The van der Waals surface area contributed by atoms with E-state index in [1.165, 1.54) is 12.5 Å². The first-order chi connectivity index (χ1) is 8.13. The van der Waals surface area contributed by atoms with E-state index in [0.29, 0.717) is 5.92 Å². The van der Waals surface area contributed by atoms with Gasteiger partial charge in [-0.1, -0.05) is 31.2 Å². The summed E-state index contributed by atoms with van der Waals surface area (Å²) in [7, 11) is 0. The van der Waals surface area contributed by atoms with Gasteiger partial charge in [0.15, 0.2) is 0 Å². The number of halogens is 2. The molecule has 3 heteroatoms. The van der Waals surface area contributed by atoms with Crippen LogP contribution in [-0.2, 0) is 5.92 Å². The maximum atomic E-state index is 13.4. The molecule has 94 valence electrons. The molecule has 0 bridgehead atoms. The Morgan fingerprint density at radius 3 is 2.29 bits per heavy atom. The topological polar surface area (TPSA) is 12.0 Å². The average molecular weight is 239 g/mol. The molecule has 0 spiro atoms. The summed E-state index contributed by atoms with van der Waals surface area (Å²) in [5.74, 6) is -2.16. The highest BCUT2D eigenvalue weighted by atomic mass is 19.3. The number of alkyl halides is 2. The standard InChI is InChI=1S/C14H19F2N/c1-2-14(15,16)13-5-3-11(4-6-13)12-7-9-17-10-8-12/h3-6,12,17H,2,7-10H2,1H3. The zero-order valence-electron chi connectivity index (χ0n) is 10.2. The van der Waals surface area contributed by atoms with E-state index in [2.05, 4.69) is 5.32 Å². The minimum absolute atomic E-state index is 0.137. The molecule has 0 unspecified atom stereocenters. The van der Waals surface area contributed by atoms with E-state index >= 15 is 0 Å². The van der Waals surface area contributed by atoms with Gasteiger partial charge in [0.1, 0.15) is 0 Å². The SMILES string of the molecule is CCC(F)(F)c1ccc(C2CCNCC2)cc1. The summed E-state index contributed by atoms with van der Waals surface area (Å²) in [6.45, 7) is 3.57. The summed E-state index contributed by atoms with van der Waals surface area (Å²) in [4.78, 5) is 0. The first kappa shape index (κ1) is 12.5. The van der Waals surface area contributed by atoms with Crippen LogP contribution >= 0.6 is 0 Å². The van der Waals surface area contributed by atoms with Crippen LogP contribution in [0, 0.1) is 0 Å². The molecular formula is C14H19F2N. The molecule has 2 rings (SSSR count). The molecule has 1 heterocycles. The Kier molecular flexibility index (Phi) is 3.77. The molecule has 0 aliphatic carbocycles. The molecule has 1 aliphatic heterocycles. The van der Waals surface area contributed by atoms with Crippen molar-refractivity contribution >= 4 is 0 Å². The van der Waals surface area contributed by atoms with Gasteiger partial charge in [-0.25, -0.2) is 8.78 Å². The van der Waals surface area contributed by atoms with Crippen LogP contribution in [0.4, 0.5) is 8.78 Å². The molecule has 0 aromatic heterocycles. The Balaban J connectivity index is 2.12. The van der Waals surface area contributed by atoms with Gasteiger partial charge in [-0.05, 0) is 37.4 Å². The van der Waals surface area contributed by atoms with Gasteiger partial charge in [-0.2, -0.15) is 0 Å². The fraction of sp³-hybridized carbons (Fsp3) is 0.571. The van der Waals surface area contributed by atoms with Gasteiger partial charge in [0.05, 0.1) is 0 Å². The Bertz CT molecular complexity index is 353. The van der Waals surface area contributed by atoms with Crippen molar-refractivity contribution in [3.05, 3.63) is 35.4 Å². The zero-order valence-corrected chi connectivity index (χ0v) is 10.2. The third-order valence-corrected chi connectivity index (χ3v) is 3.59. The van der Waals surface area contributed by atoms with Gasteiger partial charge in [0, 0.05) is 12.0 Å². The Morgan fingerprint density at radius 1 is 1.18 bits per heavy atom. The third-order valence-electron chi connectivity index (χ3n) is 3.59. The molecule has 1 saturated heterocycles. The van der Waals surface area contributed by atoms with E-state index in [4.69, 9.17) is 0 Å². The fourth-order valence-electron chi connectivity index (χ4n) is 2.36. The molecule has 1 aromatic carbocycles. The van der Waals surface area contributed by atoms with E-state index in [-0.39, 0.29) is 12.0 Å². The van der Waals surface area contributed by atoms with E-state index in [1.54, 1.807) is 12.1 Å². The van der Waals surface area contributed by atoms with Crippen LogP contribution < -0.4 is 5.32 Å². The quantitative estimate of drug-likeness (QED) is 0.849. The average Bonchev–Trinajstić information content (AvgIpc) is 2.40. The van der Waals surface area contributed by atoms with Crippen molar-refractivity contribution in [2.24, 2.45) is 0 Å². The van der Waals surface area contributed by atoms with E-state index < -0.39 is 5.92 Å². The molecule has 0 radical (unpaired) electrons. The molecular weight excluding hydrogens is 220 g/mol. The normalized spacial score (nSPS) is 18.3. The van der Waals surface area contributed by atoms with Crippen LogP contribution in [0.15, 0.2) is 24.3 Å². The van der Waals surface area contributed by atoms with Crippen molar-refractivity contribution in [3.8, 4) is 0 Å². The summed E-state index contributed by atoms with van der Waals surface area (Å²) in [6, 6.07) is 6.91. The smallest absolute Gasteiger partial charge is 0.273 e. The van der Waals surface area contributed by atoms with Crippen LogP contribution in [-0.4, -0.2) is 13.1 Å². The summed E-state index contributed by atoms with van der Waals surface area (Å²) in [5, 5.41) is 3.31. The van der Waals surface area contributed by atoms with Gasteiger partial charge in [0.25, 0.3) is 5.92 Å². The van der Waals surface area contributed by atoms with Gasteiger partial charge >= 0.3 is 0 Å². The first-order valence-electron chi connectivity index (χ1n) is 6.32. The molecule has 1 aliphatic rings. The fourth-order valence-corrected chi connectivity index (χ4v) is 2.36. The molecule has 0 amide bonds. The predicted octanol–water partition coefficient (Wildman–Crippen LogP) is 3.66. The van der Waals surface area contributed by atoms with Gasteiger partial charge in [0.2, 0.25) is 0 Å². The van der Waals surface area contributed by atoms with Gasteiger partial charge in [-0.3, -0.25) is 0 Å². The highest BCUT2D eigenvalue weighted by Gasteiger charge is 2.28. The lowest BCUT2D eigenvalue weighted by Gasteiger charge is -2.23. The number of piperidine rings is 1. The van der Waals surface area contributed by atoms with Crippen LogP contribution in [0.3, 0.4) is 0 Å². The second-order valence-electron chi connectivity index (χ2n) is 4.70. The molecule has 1 nitrogen and oxygen atoms in total. The molecule has 0 saturated carbocycles. The van der Waals surface area contributed by atoms with Crippen LogP contribution in [0.1, 0.15) is 43.2 Å². The Hall–Kier alpha value is -0.960. The lowest BCUT2D eigenvalue weighted by atomic mass is 9.89. The second-order valence-corrected chi connectivity index (χ2v) is 4.70. The Labute approximate surface area is 101 Å². The van der Waals surface area contributed by atoms with Crippen LogP contribution in [0.2, 0.25) is 0 Å². The van der Waals surface area contributed by atoms with Crippen LogP contribution in [0.5, 0.6) is 0 Å². The van der Waals surface area contributed by atoms with E-state index in [9.17, 15) is 8.78 Å². The maximum absolute atomic E-state index is 13.4. The summed E-state index contributed by atoms with van der Waals surface area (Å²) in [5.41, 5.74) is 1.33. The molecule has 1 fully saturated rings. The van der Waals surface area contributed by atoms with Crippen molar-refractivity contribution in [3.63, 3.8) is 0 Å². The summed E-state index contributed by atoms with van der Waals surface area (Å²) >= 11 is 0. The number of benzene rings is 1. The molecule has 1 N–H and O–H groups in total. The number of nitrogens with one attached hydrogen (secondary N) is 1. The van der Waals surface area contributed by atoms with E-state index in [1.807, 2.05) is 12.1 Å². The first-order valence-corrected chi connectivity index (χ1v) is 6.32. The summed E-state index contributed by atoms with van der Waals surface area (Å²) in [6.07, 6.45) is 2.06. The van der Waals surface area contributed by atoms with Crippen LogP contribution in [0.25, 0.3) is 0 Å². The lowest BCUT2D eigenvalue weighted by Crippen LogP contribution is -2.26. The van der Waals surface area contributed by atoms with Crippen molar-refractivity contribution in [1.82, 2.24) is 5.32 Å². The monoisotopic (exact) mass is 239 g/mol. The minimum atomic E-state index is -2.69. The Morgan fingerprint density at radius 2 is 1.76 bits per heavy atom. The molecule has 17 heavy (non-hydrogen) atoms.